The lowest BCUT2D eigenvalue weighted by Crippen LogP contribution is -2.05. The first-order valence-electron chi connectivity index (χ1n) is 4.21. The zero-order valence-electron chi connectivity index (χ0n) is 7.74. The van der Waals surface area contributed by atoms with Gasteiger partial charge in [-0.25, -0.2) is 14.8 Å². The summed E-state index contributed by atoms with van der Waals surface area (Å²) in [5.74, 6) is -0.259. The first-order valence-corrected chi connectivity index (χ1v) is 4.21. The molecule has 13 heavy (non-hydrogen) atoms. The van der Waals surface area contributed by atoms with E-state index in [-0.39, 0.29) is 5.56 Å². The lowest BCUT2D eigenvalue weighted by atomic mass is 10.2. The third-order valence-electron chi connectivity index (χ3n) is 1.73. The molecule has 0 aliphatic rings. The van der Waals surface area contributed by atoms with Gasteiger partial charge in [-0.15, -0.1) is 0 Å². The molecule has 0 saturated carbocycles. The Morgan fingerprint density at radius 1 is 1.62 bits per heavy atom. The number of aromatic nitrogens is 2. The molecule has 0 radical (unpaired) electrons. The highest BCUT2D eigenvalue weighted by atomic mass is 16.4. The van der Waals surface area contributed by atoms with Crippen molar-refractivity contribution in [2.45, 2.75) is 26.7 Å². The Hall–Kier alpha value is -1.45. The second-order valence-corrected chi connectivity index (χ2v) is 2.84. The summed E-state index contributed by atoms with van der Waals surface area (Å²) in [5, 5.41) is 8.71. The molecule has 0 bridgehead atoms. The fraction of sp³-hybridized carbons (Fsp3) is 0.444. The fourth-order valence-electron chi connectivity index (χ4n) is 1.07. The largest absolute Gasteiger partial charge is 0.478 e. The van der Waals surface area contributed by atoms with E-state index in [9.17, 15) is 4.79 Å². The number of aryl methyl sites for hydroxylation is 2. The Morgan fingerprint density at radius 3 is 2.77 bits per heavy atom. The van der Waals surface area contributed by atoms with Crippen LogP contribution in [0.1, 0.15) is 35.2 Å². The number of nitrogens with zero attached hydrogens (tertiary/aromatic N) is 2. The van der Waals surface area contributed by atoms with Crippen LogP contribution in [0.5, 0.6) is 0 Å². The summed E-state index contributed by atoms with van der Waals surface area (Å²) in [7, 11) is 0. The first-order chi connectivity index (χ1) is 6.15. The second-order valence-electron chi connectivity index (χ2n) is 2.84. The average Bonchev–Trinajstić information content (AvgIpc) is 2.04. The monoisotopic (exact) mass is 180 g/mol. The zero-order chi connectivity index (χ0) is 9.84. The van der Waals surface area contributed by atoms with Crippen LogP contribution in [0, 0.1) is 6.92 Å². The molecule has 0 fully saturated rings. The minimum Gasteiger partial charge on any atom is -0.478 e. The van der Waals surface area contributed by atoms with Gasteiger partial charge in [0.25, 0.3) is 0 Å². The summed E-state index contributed by atoms with van der Waals surface area (Å²) < 4.78 is 0. The molecule has 70 valence electrons. The summed E-state index contributed by atoms with van der Waals surface area (Å²) >= 11 is 0. The van der Waals surface area contributed by atoms with Gasteiger partial charge in [-0.1, -0.05) is 6.92 Å². The molecule has 0 amide bonds. The van der Waals surface area contributed by atoms with Crippen molar-refractivity contribution in [2.75, 3.05) is 0 Å². The number of rotatable bonds is 3. The molecule has 1 aromatic rings. The van der Waals surface area contributed by atoms with E-state index < -0.39 is 5.97 Å². The van der Waals surface area contributed by atoms with Crippen molar-refractivity contribution in [2.24, 2.45) is 0 Å². The van der Waals surface area contributed by atoms with Crippen LogP contribution in [-0.4, -0.2) is 21.0 Å². The molecule has 0 spiro atoms. The Balaban J connectivity index is 2.98. The third-order valence-corrected chi connectivity index (χ3v) is 1.73. The van der Waals surface area contributed by atoms with Crippen LogP contribution >= 0.6 is 0 Å². The summed E-state index contributed by atoms with van der Waals surface area (Å²) in [6, 6.07) is 0. The van der Waals surface area contributed by atoms with Crippen LogP contribution in [-0.2, 0) is 6.42 Å². The van der Waals surface area contributed by atoms with E-state index in [0.29, 0.717) is 11.5 Å². The van der Waals surface area contributed by atoms with Crippen molar-refractivity contribution in [1.29, 1.82) is 0 Å². The highest BCUT2D eigenvalue weighted by molar-refractivity contribution is 5.88. The van der Waals surface area contributed by atoms with Crippen LogP contribution in [0.4, 0.5) is 0 Å². The molecule has 0 aliphatic heterocycles. The van der Waals surface area contributed by atoms with E-state index in [1.807, 2.05) is 6.92 Å². The van der Waals surface area contributed by atoms with Crippen molar-refractivity contribution in [3.8, 4) is 0 Å². The van der Waals surface area contributed by atoms with Crippen molar-refractivity contribution >= 4 is 5.97 Å². The van der Waals surface area contributed by atoms with Gasteiger partial charge in [-0.3, -0.25) is 0 Å². The van der Waals surface area contributed by atoms with Gasteiger partial charge in [-0.2, -0.15) is 0 Å². The van der Waals surface area contributed by atoms with Crippen molar-refractivity contribution < 1.29 is 9.90 Å². The van der Waals surface area contributed by atoms with Crippen LogP contribution < -0.4 is 0 Å². The highest BCUT2D eigenvalue weighted by Crippen LogP contribution is 2.04. The van der Waals surface area contributed by atoms with Crippen LogP contribution in [0.3, 0.4) is 0 Å². The van der Waals surface area contributed by atoms with E-state index in [2.05, 4.69) is 9.97 Å². The van der Waals surface area contributed by atoms with Crippen molar-refractivity contribution in [3.05, 3.63) is 23.3 Å². The minimum atomic E-state index is -0.972. The van der Waals surface area contributed by atoms with E-state index >= 15 is 0 Å². The summed E-state index contributed by atoms with van der Waals surface area (Å²) in [4.78, 5) is 18.7. The van der Waals surface area contributed by atoms with Gasteiger partial charge >= 0.3 is 5.97 Å². The summed E-state index contributed by atoms with van der Waals surface area (Å²) in [6.07, 6.45) is 3.13. The maximum Gasteiger partial charge on any atom is 0.339 e. The van der Waals surface area contributed by atoms with Gasteiger partial charge in [0.1, 0.15) is 5.82 Å². The molecule has 1 aromatic heterocycles. The Bertz CT molecular complexity index is 323. The standard InChI is InChI=1S/C9H12N2O2/c1-3-4-8-10-5-7(9(12)13)6(2)11-8/h5H,3-4H2,1-2H3,(H,12,13). The molecule has 4 nitrogen and oxygen atoms in total. The Kier molecular flexibility index (Phi) is 2.95. The molecule has 0 saturated heterocycles. The minimum absolute atomic E-state index is 0.180. The van der Waals surface area contributed by atoms with E-state index in [1.54, 1.807) is 6.92 Å². The first kappa shape index (κ1) is 9.64. The quantitative estimate of drug-likeness (QED) is 0.764. The number of hydrogen-bond acceptors (Lipinski definition) is 3. The fourth-order valence-corrected chi connectivity index (χ4v) is 1.07. The van der Waals surface area contributed by atoms with Crippen LogP contribution in [0.2, 0.25) is 0 Å². The van der Waals surface area contributed by atoms with Gasteiger partial charge in [0, 0.05) is 12.6 Å². The number of carboxylic acid groups (broad SMARTS) is 1. The van der Waals surface area contributed by atoms with Crippen molar-refractivity contribution in [1.82, 2.24) is 9.97 Å². The molecule has 1 heterocycles. The lowest BCUT2D eigenvalue weighted by Gasteiger charge is -2.01. The van der Waals surface area contributed by atoms with Gasteiger partial charge in [0.05, 0.1) is 11.3 Å². The molecular weight excluding hydrogens is 168 g/mol. The Morgan fingerprint density at radius 2 is 2.31 bits per heavy atom. The number of carboxylic acids is 1. The SMILES string of the molecule is CCCc1ncc(C(=O)O)c(C)n1. The summed E-state index contributed by atoms with van der Waals surface area (Å²) in [5.41, 5.74) is 0.714. The average molecular weight is 180 g/mol. The van der Waals surface area contributed by atoms with Gasteiger partial charge in [0.2, 0.25) is 0 Å². The smallest absolute Gasteiger partial charge is 0.339 e. The molecule has 1 N–H and O–H groups in total. The predicted octanol–water partition coefficient (Wildman–Crippen LogP) is 1.44. The van der Waals surface area contributed by atoms with E-state index in [0.717, 1.165) is 12.8 Å². The third kappa shape index (κ3) is 2.24. The number of carbonyl (C=O) groups is 1. The van der Waals surface area contributed by atoms with Gasteiger partial charge in [0.15, 0.2) is 0 Å². The van der Waals surface area contributed by atoms with E-state index in [4.69, 9.17) is 5.11 Å². The van der Waals surface area contributed by atoms with Gasteiger partial charge < -0.3 is 5.11 Å². The topological polar surface area (TPSA) is 63.1 Å². The van der Waals surface area contributed by atoms with E-state index in [1.165, 1.54) is 6.20 Å². The Labute approximate surface area is 76.7 Å². The maximum absolute atomic E-state index is 10.6. The highest BCUT2D eigenvalue weighted by Gasteiger charge is 2.08. The molecule has 0 aliphatic carbocycles. The normalized spacial score (nSPS) is 10.0. The van der Waals surface area contributed by atoms with Gasteiger partial charge in [-0.05, 0) is 13.3 Å². The van der Waals surface area contributed by atoms with Crippen molar-refractivity contribution in [3.63, 3.8) is 0 Å². The molecular formula is C9H12N2O2. The predicted molar refractivity (Wildman–Crippen MR) is 47.7 cm³/mol. The maximum atomic E-state index is 10.6. The molecule has 4 heteroatoms. The molecule has 0 aromatic carbocycles. The molecule has 1 rings (SSSR count). The van der Waals surface area contributed by atoms with Crippen LogP contribution in [0.15, 0.2) is 6.20 Å². The second kappa shape index (κ2) is 3.98. The molecule has 0 atom stereocenters. The lowest BCUT2D eigenvalue weighted by molar-refractivity contribution is 0.0695. The molecule has 0 unspecified atom stereocenters. The van der Waals surface area contributed by atoms with Crippen LogP contribution in [0.25, 0.3) is 0 Å². The number of aromatic carboxylic acids is 1. The zero-order valence-corrected chi connectivity index (χ0v) is 7.74. The number of hydrogen-bond donors (Lipinski definition) is 1. The summed E-state index contributed by atoms with van der Waals surface area (Å²) in [6.45, 7) is 3.72.